The lowest BCUT2D eigenvalue weighted by molar-refractivity contribution is 0.599. The van der Waals surface area contributed by atoms with Gasteiger partial charge in [-0.1, -0.05) is 55.8 Å². The molecule has 0 aliphatic heterocycles. The maximum Gasteiger partial charge on any atom is 0.129 e. The van der Waals surface area contributed by atoms with Gasteiger partial charge >= 0.3 is 0 Å². The standard InChI is InChI=1S/C17H19ClFN/c1-11(2)10-12-6-8-13(9-7-12)17(20)16-14(18)4-3-5-15(16)19/h3-9,11,17H,10,20H2,1-2H3. The van der Waals surface area contributed by atoms with Gasteiger partial charge < -0.3 is 5.73 Å². The summed E-state index contributed by atoms with van der Waals surface area (Å²) in [6, 6.07) is 12.1. The van der Waals surface area contributed by atoms with Gasteiger partial charge in [0.25, 0.3) is 0 Å². The van der Waals surface area contributed by atoms with E-state index in [0.29, 0.717) is 16.5 Å². The number of rotatable bonds is 4. The van der Waals surface area contributed by atoms with Crippen LogP contribution in [0.5, 0.6) is 0 Å². The highest BCUT2D eigenvalue weighted by atomic mass is 35.5. The van der Waals surface area contributed by atoms with Gasteiger partial charge in [-0.05, 0) is 35.6 Å². The Balaban J connectivity index is 2.27. The molecular formula is C17H19ClFN. The molecule has 0 saturated heterocycles. The maximum atomic E-state index is 13.9. The molecule has 0 radical (unpaired) electrons. The molecule has 3 heteroatoms. The Bertz CT molecular complexity index is 558. The summed E-state index contributed by atoms with van der Waals surface area (Å²) in [4.78, 5) is 0. The Labute approximate surface area is 124 Å². The smallest absolute Gasteiger partial charge is 0.129 e. The molecule has 0 aliphatic carbocycles. The lowest BCUT2D eigenvalue weighted by Gasteiger charge is -2.16. The summed E-state index contributed by atoms with van der Waals surface area (Å²) in [5, 5.41) is 0.365. The first-order chi connectivity index (χ1) is 9.49. The molecular weight excluding hydrogens is 273 g/mol. The zero-order valence-corrected chi connectivity index (χ0v) is 12.5. The van der Waals surface area contributed by atoms with Crippen molar-refractivity contribution in [2.75, 3.05) is 0 Å². The summed E-state index contributed by atoms with van der Waals surface area (Å²) < 4.78 is 13.9. The van der Waals surface area contributed by atoms with Gasteiger partial charge in [-0.2, -0.15) is 0 Å². The number of hydrogen-bond donors (Lipinski definition) is 1. The summed E-state index contributed by atoms with van der Waals surface area (Å²) in [6.45, 7) is 4.36. The van der Waals surface area contributed by atoms with Crippen molar-refractivity contribution in [1.82, 2.24) is 0 Å². The summed E-state index contributed by atoms with van der Waals surface area (Å²) >= 11 is 6.05. The maximum absolute atomic E-state index is 13.9. The first-order valence-corrected chi connectivity index (χ1v) is 7.15. The van der Waals surface area contributed by atoms with Crippen molar-refractivity contribution in [3.63, 3.8) is 0 Å². The van der Waals surface area contributed by atoms with Crippen LogP contribution in [0.1, 0.15) is 36.6 Å². The highest BCUT2D eigenvalue weighted by Crippen LogP contribution is 2.29. The quantitative estimate of drug-likeness (QED) is 0.866. The lowest BCUT2D eigenvalue weighted by atomic mass is 9.96. The zero-order valence-electron chi connectivity index (χ0n) is 11.7. The fourth-order valence-corrected chi connectivity index (χ4v) is 2.59. The molecule has 2 aromatic carbocycles. The van der Waals surface area contributed by atoms with Gasteiger partial charge in [0.05, 0.1) is 6.04 Å². The third-order valence-electron chi connectivity index (χ3n) is 3.29. The fourth-order valence-electron chi connectivity index (χ4n) is 2.31. The molecule has 1 atom stereocenters. The second-order valence-electron chi connectivity index (χ2n) is 5.45. The van der Waals surface area contributed by atoms with Gasteiger partial charge in [0, 0.05) is 10.6 Å². The molecule has 20 heavy (non-hydrogen) atoms. The van der Waals surface area contributed by atoms with E-state index in [-0.39, 0.29) is 5.82 Å². The molecule has 0 bridgehead atoms. The summed E-state index contributed by atoms with van der Waals surface area (Å²) in [5.41, 5.74) is 8.62. The minimum absolute atomic E-state index is 0.353. The molecule has 0 heterocycles. The minimum Gasteiger partial charge on any atom is -0.320 e. The van der Waals surface area contributed by atoms with Crippen LogP contribution in [0, 0.1) is 11.7 Å². The van der Waals surface area contributed by atoms with Gasteiger partial charge in [-0.15, -0.1) is 0 Å². The first kappa shape index (κ1) is 15.0. The molecule has 0 aliphatic rings. The largest absolute Gasteiger partial charge is 0.320 e. The van der Waals surface area contributed by atoms with E-state index in [9.17, 15) is 4.39 Å². The number of nitrogens with two attached hydrogens (primary N) is 1. The van der Waals surface area contributed by atoms with Crippen molar-refractivity contribution in [1.29, 1.82) is 0 Å². The van der Waals surface area contributed by atoms with Crippen LogP contribution in [0.3, 0.4) is 0 Å². The molecule has 0 amide bonds. The van der Waals surface area contributed by atoms with Crippen LogP contribution >= 0.6 is 11.6 Å². The highest BCUT2D eigenvalue weighted by molar-refractivity contribution is 6.31. The van der Waals surface area contributed by atoms with Crippen molar-refractivity contribution >= 4 is 11.6 Å². The van der Waals surface area contributed by atoms with Gasteiger partial charge in [0.1, 0.15) is 5.82 Å². The molecule has 1 nitrogen and oxygen atoms in total. The van der Waals surface area contributed by atoms with Crippen LogP contribution in [0.4, 0.5) is 4.39 Å². The van der Waals surface area contributed by atoms with Crippen molar-refractivity contribution < 1.29 is 4.39 Å². The van der Waals surface area contributed by atoms with Crippen LogP contribution < -0.4 is 5.73 Å². The van der Waals surface area contributed by atoms with Gasteiger partial charge in [-0.3, -0.25) is 0 Å². The van der Waals surface area contributed by atoms with Gasteiger partial charge in [0.15, 0.2) is 0 Å². The molecule has 106 valence electrons. The average Bonchev–Trinajstić information content (AvgIpc) is 2.38. The Kier molecular flexibility index (Phi) is 4.79. The second kappa shape index (κ2) is 6.38. The Morgan fingerprint density at radius 1 is 1.10 bits per heavy atom. The number of halogens is 2. The zero-order chi connectivity index (χ0) is 14.7. The van der Waals surface area contributed by atoms with Crippen molar-refractivity contribution in [3.8, 4) is 0 Å². The van der Waals surface area contributed by atoms with E-state index in [4.69, 9.17) is 17.3 Å². The van der Waals surface area contributed by atoms with E-state index in [1.807, 2.05) is 24.3 Å². The van der Waals surface area contributed by atoms with E-state index in [1.165, 1.54) is 11.6 Å². The second-order valence-corrected chi connectivity index (χ2v) is 5.86. The third-order valence-corrected chi connectivity index (χ3v) is 3.62. The van der Waals surface area contributed by atoms with E-state index >= 15 is 0 Å². The average molecular weight is 292 g/mol. The van der Waals surface area contributed by atoms with E-state index in [2.05, 4.69) is 13.8 Å². The molecule has 2 rings (SSSR count). The molecule has 0 spiro atoms. The monoisotopic (exact) mass is 291 g/mol. The summed E-state index contributed by atoms with van der Waals surface area (Å²) in [7, 11) is 0. The first-order valence-electron chi connectivity index (χ1n) is 6.77. The number of hydrogen-bond acceptors (Lipinski definition) is 1. The van der Waals surface area contributed by atoms with Gasteiger partial charge in [0.2, 0.25) is 0 Å². The van der Waals surface area contributed by atoms with Crippen molar-refractivity contribution in [3.05, 3.63) is 70.0 Å². The van der Waals surface area contributed by atoms with Crippen LogP contribution in [0.15, 0.2) is 42.5 Å². The van der Waals surface area contributed by atoms with Crippen molar-refractivity contribution in [2.24, 2.45) is 11.7 Å². The highest BCUT2D eigenvalue weighted by Gasteiger charge is 2.16. The molecule has 2 N–H and O–H groups in total. The summed E-state index contributed by atoms with van der Waals surface area (Å²) in [6.07, 6.45) is 1.02. The third kappa shape index (κ3) is 3.38. The predicted octanol–water partition coefficient (Wildman–Crippen LogP) is 4.73. The molecule has 1 unspecified atom stereocenters. The Hall–Kier alpha value is -1.38. The molecule has 2 aromatic rings. The molecule has 0 aromatic heterocycles. The van der Waals surface area contributed by atoms with E-state index < -0.39 is 6.04 Å². The molecule has 0 fully saturated rings. The normalized spacial score (nSPS) is 12.7. The molecule has 0 saturated carbocycles. The van der Waals surface area contributed by atoms with Crippen molar-refractivity contribution in [2.45, 2.75) is 26.3 Å². The number of benzene rings is 2. The van der Waals surface area contributed by atoms with Crippen LogP contribution in [0.25, 0.3) is 0 Å². The lowest BCUT2D eigenvalue weighted by Crippen LogP contribution is -2.14. The summed E-state index contributed by atoms with van der Waals surface area (Å²) in [5.74, 6) is 0.242. The Morgan fingerprint density at radius 3 is 2.30 bits per heavy atom. The van der Waals surface area contributed by atoms with E-state index in [1.54, 1.807) is 12.1 Å². The predicted molar refractivity (Wildman–Crippen MR) is 82.4 cm³/mol. The van der Waals surface area contributed by atoms with Crippen LogP contribution in [-0.4, -0.2) is 0 Å². The van der Waals surface area contributed by atoms with E-state index in [0.717, 1.165) is 12.0 Å². The Morgan fingerprint density at radius 2 is 1.75 bits per heavy atom. The van der Waals surface area contributed by atoms with Crippen LogP contribution in [0.2, 0.25) is 5.02 Å². The topological polar surface area (TPSA) is 26.0 Å². The minimum atomic E-state index is -0.545. The van der Waals surface area contributed by atoms with Gasteiger partial charge in [-0.25, -0.2) is 4.39 Å². The van der Waals surface area contributed by atoms with Crippen LogP contribution in [-0.2, 0) is 6.42 Å². The fraction of sp³-hybridized carbons (Fsp3) is 0.294. The SMILES string of the molecule is CC(C)Cc1ccc(C(N)c2c(F)cccc2Cl)cc1.